The van der Waals surface area contributed by atoms with Crippen molar-refractivity contribution in [3.8, 4) is 17.7 Å². The number of carbonyl (C=O) groups excluding carboxylic acids is 1. The molecule has 1 N–H and O–H groups in total. The van der Waals surface area contributed by atoms with Crippen LogP contribution >= 0.6 is 0 Å². The quantitative estimate of drug-likeness (QED) is 0.465. The number of fused-ring (bicyclic) bond motifs is 1. The van der Waals surface area contributed by atoms with E-state index in [1.807, 2.05) is 44.2 Å². The van der Waals surface area contributed by atoms with E-state index in [-0.39, 0.29) is 23.1 Å². The molecule has 1 aliphatic rings. The molecule has 0 atom stereocenters. The second-order valence-corrected chi connectivity index (χ2v) is 8.42. The topological polar surface area (TPSA) is 96.5 Å². The summed E-state index contributed by atoms with van der Waals surface area (Å²) < 4.78 is 7.40. The number of nitriles is 1. The number of benzene rings is 1. The number of aryl methyl sites for hydroxylation is 2. The molecule has 0 unspecified atom stereocenters. The predicted octanol–water partition coefficient (Wildman–Crippen LogP) is 4.46. The number of rotatable bonds is 5. The molecular formula is C26H26N4O3. The fourth-order valence-electron chi connectivity index (χ4n) is 4.09. The van der Waals surface area contributed by atoms with Crippen molar-refractivity contribution in [3.05, 3.63) is 75.2 Å². The van der Waals surface area contributed by atoms with Gasteiger partial charge in [-0.25, -0.2) is 0 Å². The number of ether oxygens (including phenoxy) is 1. The van der Waals surface area contributed by atoms with E-state index in [9.17, 15) is 14.9 Å². The second kappa shape index (κ2) is 9.70. The van der Waals surface area contributed by atoms with Gasteiger partial charge in [0.05, 0.1) is 0 Å². The highest BCUT2D eigenvalue weighted by Crippen LogP contribution is 2.25. The molecule has 1 aliphatic carbocycles. The molecule has 0 radical (unpaired) electrons. The monoisotopic (exact) mass is 442 g/mol. The molecule has 168 valence electrons. The van der Waals surface area contributed by atoms with Crippen LogP contribution in [-0.4, -0.2) is 21.3 Å². The lowest BCUT2D eigenvalue weighted by molar-refractivity contribution is -0.117. The smallest absolute Gasteiger partial charge is 0.269 e. The average Bonchev–Trinajstić information content (AvgIpc) is 2.80. The Morgan fingerprint density at radius 3 is 2.73 bits per heavy atom. The minimum absolute atomic E-state index is 0.0458. The standard InChI is InChI=1S/C26H26N4O3/c1-17-8-6-12-21(14-17)33-25-22(26(32)30-13-7-9-18(2)23(30)29-25)15-19(16-27)24(31)28-20-10-4-3-5-11-20/h6-9,12-15,20H,3-5,10-11H2,1-2H3,(H,28,31). The number of nitrogens with zero attached hydrogens (tertiary/aromatic N) is 3. The summed E-state index contributed by atoms with van der Waals surface area (Å²) >= 11 is 0. The molecular weight excluding hydrogens is 416 g/mol. The van der Waals surface area contributed by atoms with Crippen LogP contribution in [0.25, 0.3) is 11.7 Å². The van der Waals surface area contributed by atoms with Gasteiger partial charge in [0.25, 0.3) is 11.5 Å². The van der Waals surface area contributed by atoms with E-state index >= 15 is 0 Å². The molecule has 1 saturated carbocycles. The maximum absolute atomic E-state index is 13.4. The Kier molecular flexibility index (Phi) is 6.55. The molecule has 1 fully saturated rings. The summed E-state index contributed by atoms with van der Waals surface area (Å²) in [6.45, 7) is 3.79. The van der Waals surface area contributed by atoms with Crippen LogP contribution in [0.1, 0.15) is 48.8 Å². The molecule has 0 aliphatic heterocycles. The van der Waals surface area contributed by atoms with Crippen molar-refractivity contribution in [1.29, 1.82) is 5.26 Å². The number of hydrogen-bond acceptors (Lipinski definition) is 5. The summed E-state index contributed by atoms with van der Waals surface area (Å²) in [7, 11) is 0. The highest BCUT2D eigenvalue weighted by atomic mass is 16.5. The van der Waals surface area contributed by atoms with Crippen LogP contribution in [0.3, 0.4) is 0 Å². The normalized spacial score (nSPS) is 14.6. The van der Waals surface area contributed by atoms with Crippen molar-refractivity contribution in [1.82, 2.24) is 14.7 Å². The summed E-state index contributed by atoms with van der Waals surface area (Å²) in [6.07, 6.45) is 7.96. The van der Waals surface area contributed by atoms with Crippen LogP contribution in [0.2, 0.25) is 0 Å². The minimum Gasteiger partial charge on any atom is -0.438 e. The first-order valence-electron chi connectivity index (χ1n) is 11.2. The van der Waals surface area contributed by atoms with Crippen LogP contribution in [0, 0.1) is 25.2 Å². The van der Waals surface area contributed by atoms with Crippen LogP contribution in [0.4, 0.5) is 0 Å². The van der Waals surface area contributed by atoms with Crippen molar-refractivity contribution >= 4 is 17.6 Å². The Balaban J connectivity index is 1.80. The molecule has 0 saturated heterocycles. The molecule has 2 heterocycles. The Morgan fingerprint density at radius 2 is 2.00 bits per heavy atom. The summed E-state index contributed by atoms with van der Waals surface area (Å²) in [5.41, 5.74) is 1.73. The summed E-state index contributed by atoms with van der Waals surface area (Å²) in [5.74, 6) is 0.0809. The van der Waals surface area contributed by atoms with Gasteiger partial charge in [-0.15, -0.1) is 0 Å². The number of nitrogens with one attached hydrogen (secondary N) is 1. The van der Waals surface area contributed by atoms with Crippen LogP contribution < -0.4 is 15.6 Å². The summed E-state index contributed by atoms with van der Waals surface area (Å²) in [5, 5.41) is 12.6. The van der Waals surface area contributed by atoms with E-state index in [0.717, 1.165) is 43.2 Å². The Bertz CT molecular complexity index is 1330. The van der Waals surface area contributed by atoms with E-state index in [2.05, 4.69) is 10.3 Å². The Hall–Kier alpha value is -3.92. The SMILES string of the molecule is Cc1cccc(Oc2nc3c(C)cccn3c(=O)c2C=C(C#N)C(=O)NC2CCCCC2)c1. The molecule has 3 aromatic rings. The number of carbonyl (C=O) groups is 1. The van der Waals surface area contributed by atoms with Crippen LogP contribution in [0.15, 0.2) is 53.0 Å². The fraction of sp³-hybridized carbons (Fsp3) is 0.308. The summed E-state index contributed by atoms with van der Waals surface area (Å²) in [6, 6.07) is 13.0. The Morgan fingerprint density at radius 1 is 1.21 bits per heavy atom. The number of aromatic nitrogens is 2. The van der Waals surface area contributed by atoms with Gasteiger partial charge < -0.3 is 10.1 Å². The van der Waals surface area contributed by atoms with E-state index < -0.39 is 11.5 Å². The maximum Gasteiger partial charge on any atom is 0.269 e. The molecule has 1 amide bonds. The highest BCUT2D eigenvalue weighted by molar-refractivity contribution is 6.02. The third-order valence-corrected chi connectivity index (χ3v) is 5.85. The minimum atomic E-state index is -0.486. The molecule has 2 aromatic heterocycles. The number of amides is 1. The molecule has 4 rings (SSSR count). The zero-order valence-electron chi connectivity index (χ0n) is 18.8. The number of hydrogen-bond donors (Lipinski definition) is 1. The first-order chi connectivity index (χ1) is 16.0. The van der Waals surface area contributed by atoms with Gasteiger partial charge in [0.1, 0.15) is 28.6 Å². The van der Waals surface area contributed by atoms with E-state index in [4.69, 9.17) is 4.74 Å². The molecule has 33 heavy (non-hydrogen) atoms. The fourth-order valence-corrected chi connectivity index (χ4v) is 4.09. The average molecular weight is 443 g/mol. The molecule has 0 bridgehead atoms. The molecule has 0 spiro atoms. The molecule has 7 heteroatoms. The van der Waals surface area contributed by atoms with E-state index in [1.165, 1.54) is 10.5 Å². The van der Waals surface area contributed by atoms with Gasteiger partial charge in [0.2, 0.25) is 5.88 Å². The van der Waals surface area contributed by atoms with Crippen molar-refractivity contribution in [2.75, 3.05) is 0 Å². The zero-order valence-corrected chi connectivity index (χ0v) is 18.8. The second-order valence-electron chi connectivity index (χ2n) is 8.42. The van der Waals surface area contributed by atoms with Crippen molar-refractivity contribution in [2.24, 2.45) is 0 Å². The summed E-state index contributed by atoms with van der Waals surface area (Å²) in [4.78, 5) is 30.8. The van der Waals surface area contributed by atoms with Crippen LogP contribution in [0.5, 0.6) is 11.6 Å². The molecule has 1 aromatic carbocycles. The van der Waals surface area contributed by atoms with Crippen molar-refractivity contribution < 1.29 is 9.53 Å². The van der Waals surface area contributed by atoms with Gasteiger partial charge in [0.15, 0.2) is 0 Å². The predicted molar refractivity (Wildman–Crippen MR) is 126 cm³/mol. The van der Waals surface area contributed by atoms with E-state index in [1.54, 1.807) is 18.3 Å². The maximum atomic E-state index is 13.4. The third kappa shape index (κ3) is 4.96. The van der Waals surface area contributed by atoms with Gasteiger partial charge >= 0.3 is 0 Å². The number of pyridine rings is 1. The van der Waals surface area contributed by atoms with Crippen molar-refractivity contribution in [2.45, 2.75) is 52.0 Å². The van der Waals surface area contributed by atoms with Gasteiger partial charge in [0, 0.05) is 12.2 Å². The first-order valence-corrected chi connectivity index (χ1v) is 11.2. The lowest BCUT2D eigenvalue weighted by atomic mass is 9.95. The van der Waals surface area contributed by atoms with Gasteiger partial charge in [-0.3, -0.25) is 14.0 Å². The zero-order chi connectivity index (χ0) is 23.4. The van der Waals surface area contributed by atoms with Gasteiger partial charge in [-0.05, 0) is 62.1 Å². The van der Waals surface area contributed by atoms with E-state index in [0.29, 0.717) is 11.4 Å². The van der Waals surface area contributed by atoms with Gasteiger partial charge in [-0.1, -0.05) is 37.5 Å². The highest BCUT2D eigenvalue weighted by Gasteiger charge is 2.21. The first kappa shape index (κ1) is 22.3. The molecule has 7 nitrogen and oxygen atoms in total. The van der Waals surface area contributed by atoms with Gasteiger partial charge in [-0.2, -0.15) is 10.2 Å². The lowest BCUT2D eigenvalue weighted by Gasteiger charge is -2.22. The third-order valence-electron chi connectivity index (χ3n) is 5.85. The lowest BCUT2D eigenvalue weighted by Crippen LogP contribution is -2.36. The van der Waals surface area contributed by atoms with Crippen molar-refractivity contribution in [3.63, 3.8) is 0 Å². The Labute approximate surface area is 192 Å². The largest absolute Gasteiger partial charge is 0.438 e. The van der Waals surface area contributed by atoms with Crippen LogP contribution in [-0.2, 0) is 4.79 Å².